The van der Waals surface area contributed by atoms with Gasteiger partial charge in [-0.1, -0.05) is 82.3 Å². The van der Waals surface area contributed by atoms with E-state index in [2.05, 4.69) is 16.4 Å². The first kappa shape index (κ1) is 32.1. The van der Waals surface area contributed by atoms with E-state index < -0.39 is 0 Å². The van der Waals surface area contributed by atoms with E-state index in [0.717, 1.165) is 16.7 Å². The molecule has 5 aromatic rings. The number of fused-ring (bicyclic) bond motifs is 1. The number of nitrogens with one attached hydrogen (secondary N) is 1. The Morgan fingerprint density at radius 2 is 1.58 bits per heavy atom. The number of carbonyl (C=O) groups excluding carboxylic acids is 2. The molecule has 11 heteroatoms. The lowest BCUT2D eigenvalue weighted by Gasteiger charge is -2.37. The van der Waals surface area contributed by atoms with Gasteiger partial charge >= 0.3 is 0 Å². The van der Waals surface area contributed by atoms with Crippen molar-refractivity contribution in [2.45, 2.75) is 44.3 Å². The zero-order chi connectivity index (χ0) is 31.7. The molecule has 1 aliphatic rings. The summed E-state index contributed by atoms with van der Waals surface area (Å²) in [7, 11) is 0. The van der Waals surface area contributed by atoms with Crippen molar-refractivity contribution >= 4 is 91.2 Å². The van der Waals surface area contributed by atoms with Gasteiger partial charge in [-0.15, -0.1) is 11.3 Å². The Morgan fingerprint density at radius 3 is 2.31 bits per heavy atom. The topological polar surface area (TPSA) is 62.3 Å². The minimum Gasteiger partial charge on any atom is -0.349 e. The van der Waals surface area contributed by atoms with Crippen molar-refractivity contribution in [1.82, 2.24) is 15.2 Å². The third-order valence-corrected chi connectivity index (χ3v) is 11.3. The van der Waals surface area contributed by atoms with Crippen molar-refractivity contribution in [3.63, 3.8) is 0 Å². The largest absolute Gasteiger partial charge is 0.349 e. The fraction of sp³-hybridized carbons (Fsp3) is 0.206. The van der Waals surface area contributed by atoms with Gasteiger partial charge in [-0.25, -0.2) is 0 Å². The number of pyridine rings is 1. The summed E-state index contributed by atoms with van der Waals surface area (Å²) in [5.41, 5.74) is 3.45. The molecule has 0 bridgehead atoms. The molecule has 230 valence electrons. The summed E-state index contributed by atoms with van der Waals surface area (Å²) in [4.78, 5) is 33.8. The van der Waals surface area contributed by atoms with E-state index in [0.29, 0.717) is 77.9 Å². The van der Waals surface area contributed by atoms with Crippen molar-refractivity contribution in [3.8, 4) is 11.1 Å². The standard InChI is InChI=1S/C34H26Cl5N3O2S/c35-22-4-9-25(28(37)17-22)33(43)41-23-5-7-24(8-6-23)42(18-19-2-1-3-21(16-19)20-12-14-40-15-13-20)34(44)32-29(38)26-10-11-27(36)30(39)31(26)45-32/h1-4,9-17,23-24H,5-8,18H2,(H,41,43). The summed E-state index contributed by atoms with van der Waals surface area (Å²) in [6.45, 7) is 0.388. The van der Waals surface area contributed by atoms with Gasteiger partial charge in [-0.05, 0) is 84.8 Å². The van der Waals surface area contributed by atoms with Crippen LogP contribution in [0.2, 0.25) is 25.1 Å². The third kappa shape index (κ3) is 6.97. The maximum atomic E-state index is 14.4. The van der Waals surface area contributed by atoms with Gasteiger partial charge < -0.3 is 10.2 Å². The average molecular weight is 718 g/mol. The highest BCUT2D eigenvalue weighted by Crippen LogP contribution is 2.43. The number of hydrogen-bond acceptors (Lipinski definition) is 4. The number of aromatic nitrogens is 1. The second-order valence-corrected chi connectivity index (χ2v) is 14.0. The van der Waals surface area contributed by atoms with Gasteiger partial charge in [0.25, 0.3) is 11.8 Å². The third-order valence-electron chi connectivity index (χ3n) is 8.09. The molecule has 0 aliphatic heterocycles. The second-order valence-electron chi connectivity index (χ2n) is 11.0. The SMILES string of the molecule is O=C(NC1CCC(N(Cc2cccc(-c3ccncc3)c2)C(=O)c2sc3c(Cl)c(Cl)ccc3c2Cl)CC1)c1ccc(Cl)cc1Cl. The number of rotatable bonds is 7. The Hall–Kier alpha value is -2.84. The van der Waals surface area contributed by atoms with Crippen LogP contribution in [0.1, 0.15) is 51.3 Å². The van der Waals surface area contributed by atoms with Crippen molar-refractivity contribution in [2.24, 2.45) is 0 Å². The van der Waals surface area contributed by atoms with Crippen LogP contribution < -0.4 is 5.32 Å². The van der Waals surface area contributed by atoms with E-state index in [1.807, 2.05) is 35.2 Å². The number of benzene rings is 3. The molecule has 3 aromatic carbocycles. The van der Waals surface area contributed by atoms with Crippen molar-refractivity contribution in [3.05, 3.63) is 120 Å². The zero-order valence-corrected chi connectivity index (χ0v) is 28.3. The van der Waals surface area contributed by atoms with Crippen LogP contribution in [-0.4, -0.2) is 33.8 Å². The maximum absolute atomic E-state index is 14.4. The molecule has 45 heavy (non-hydrogen) atoms. The first-order valence-electron chi connectivity index (χ1n) is 14.3. The molecular weight excluding hydrogens is 692 g/mol. The van der Waals surface area contributed by atoms with Crippen LogP contribution >= 0.6 is 69.3 Å². The molecule has 5 nitrogen and oxygen atoms in total. The van der Waals surface area contributed by atoms with Gasteiger partial charge in [0.15, 0.2) is 0 Å². The molecule has 0 spiro atoms. The first-order chi connectivity index (χ1) is 21.7. The van der Waals surface area contributed by atoms with Crippen molar-refractivity contribution < 1.29 is 9.59 Å². The molecule has 6 rings (SSSR count). The molecule has 2 aromatic heterocycles. The van der Waals surface area contributed by atoms with Crippen LogP contribution in [0, 0.1) is 0 Å². The normalized spacial score (nSPS) is 16.5. The molecule has 0 unspecified atom stereocenters. The molecule has 2 amide bonds. The molecular formula is C34H26Cl5N3O2S. The number of halogens is 5. The Balaban J connectivity index is 1.26. The summed E-state index contributed by atoms with van der Waals surface area (Å²) in [6, 6.07) is 20.3. The number of nitrogens with zero attached hydrogens (tertiary/aromatic N) is 2. The molecule has 1 saturated carbocycles. The average Bonchev–Trinajstić information content (AvgIpc) is 3.39. The number of amides is 2. The Bertz CT molecular complexity index is 1890. The zero-order valence-electron chi connectivity index (χ0n) is 23.7. The smallest absolute Gasteiger partial charge is 0.266 e. The lowest BCUT2D eigenvalue weighted by molar-refractivity contribution is 0.0597. The maximum Gasteiger partial charge on any atom is 0.266 e. The number of thiophene rings is 1. The fourth-order valence-electron chi connectivity index (χ4n) is 5.77. The van der Waals surface area contributed by atoms with E-state index in [1.54, 1.807) is 42.7 Å². The number of hydrogen-bond donors (Lipinski definition) is 1. The molecule has 0 saturated heterocycles. The van der Waals surface area contributed by atoms with Crippen LogP contribution in [0.4, 0.5) is 0 Å². The van der Waals surface area contributed by atoms with E-state index in [-0.39, 0.29) is 23.9 Å². The Kier molecular flexibility index (Phi) is 9.90. The molecule has 1 fully saturated rings. The van der Waals surface area contributed by atoms with Gasteiger partial charge in [0.05, 0.1) is 30.4 Å². The predicted molar refractivity (Wildman–Crippen MR) is 186 cm³/mol. The summed E-state index contributed by atoms with van der Waals surface area (Å²) >= 11 is 33.1. The number of carbonyl (C=O) groups is 2. The lowest BCUT2D eigenvalue weighted by atomic mass is 9.89. The predicted octanol–water partition coefficient (Wildman–Crippen LogP) is 10.6. The molecule has 1 N–H and O–H groups in total. The summed E-state index contributed by atoms with van der Waals surface area (Å²) in [5.74, 6) is -0.406. The van der Waals surface area contributed by atoms with Gasteiger partial charge in [0.2, 0.25) is 0 Å². The van der Waals surface area contributed by atoms with Crippen molar-refractivity contribution in [1.29, 1.82) is 0 Å². The minimum atomic E-state index is -0.242. The van der Waals surface area contributed by atoms with E-state index in [9.17, 15) is 9.59 Å². The van der Waals surface area contributed by atoms with Gasteiger partial charge in [0, 0.05) is 41.4 Å². The lowest BCUT2D eigenvalue weighted by Crippen LogP contribution is -2.46. The summed E-state index contributed by atoms with van der Waals surface area (Å²) in [5, 5.41) is 5.75. The molecule has 1 aliphatic carbocycles. The van der Waals surface area contributed by atoms with Crippen molar-refractivity contribution in [2.75, 3.05) is 0 Å². The highest BCUT2D eigenvalue weighted by molar-refractivity contribution is 7.22. The van der Waals surface area contributed by atoms with Gasteiger partial charge in [-0.3, -0.25) is 14.6 Å². The van der Waals surface area contributed by atoms with E-state index in [1.165, 1.54) is 11.3 Å². The quantitative estimate of drug-likeness (QED) is 0.182. The van der Waals surface area contributed by atoms with Crippen LogP contribution in [0.3, 0.4) is 0 Å². The first-order valence-corrected chi connectivity index (χ1v) is 17.0. The molecule has 0 radical (unpaired) electrons. The van der Waals surface area contributed by atoms with Gasteiger partial charge in [0.1, 0.15) is 4.88 Å². The summed E-state index contributed by atoms with van der Waals surface area (Å²) < 4.78 is 0.685. The van der Waals surface area contributed by atoms with Crippen LogP contribution in [-0.2, 0) is 6.54 Å². The monoisotopic (exact) mass is 715 g/mol. The minimum absolute atomic E-state index is 0.0543. The molecule has 0 atom stereocenters. The van der Waals surface area contributed by atoms with Crippen LogP contribution in [0.5, 0.6) is 0 Å². The highest BCUT2D eigenvalue weighted by Gasteiger charge is 2.33. The van der Waals surface area contributed by atoms with Crippen LogP contribution in [0.25, 0.3) is 21.2 Å². The highest BCUT2D eigenvalue weighted by atomic mass is 35.5. The van der Waals surface area contributed by atoms with Crippen LogP contribution in [0.15, 0.2) is 79.1 Å². The van der Waals surface area contributed by atoms with E-state index in [4.69, 9.17) is 58.0 Å². The summed E-state index contributed by atoms with van der Waals surface area (Å²) in [6.07, 6.45) is 6.32. The van der Waals surface area contributed by atoms with Gasteiger partial charge in [-0.2, -0.15) is 0 Å². The Morgan fingerprint density at radius 1 is 0.822 bits per heavy atom. The Labute approximate surface area is 290 Å². The molecule has 2 heterocycles. The second kappa shape index (κ2) is 13.9. The van der Waals surface area contributed by atoms with E-state index >= 15 is 0 Å². The fourth-order valence-corrected chi connectivity index (χ4v) is 8.25.